The molecule has 1 fully saturated rings. The summed E-state index contributed by atoms with van der Waals surface area (Å²) in [6.07, 6.45) is 4.28. The van der Waals surface area contributed by atoms with Gasteiger partial charge in [0.05, 0.1) is 7.11 Å². The summed E-state index contributed by atoms with van der Waals surface area (Å²) in [5.41, 5.74) is 3.46. The van der Waals surface area contributed by atoms with Crippen molar-refractivity contribution >= 4 is 11.4 Å². The number of carbonyl (C=O) groups is 1. The maximum Gasteiger partial charge on any atom is 0.164 e. The van der Waals surface area contributed by atoms with Gasteiger partial charge < -0.3 is 4.74 Å². The van der Waals surface area contributed by atoms with Crippen molar-refractivity contribution in [1.29, 1.82) is 0 Å². The minimum absolute atomic E-state index is 0.329. The predicted octanol–water partition coefficient (Wildman–Crippen LogP) is 3.22. The smallest absolute Gasteiger partial charge is 0.164 e. The van der Waals surface area contributed by atoms with Crippen molar-refractivity contribution < 1.29 is 9.53 Å². The molecule has 1 aromatic carbocycles. The van der Waals surface area contributed by atoms with Crippen LogP contribution in [0.4, 0.5) is 0 Å². The van der Waals surface area contributed by atoms with Gasteiger partial charge >= 0.3 is 0 Å². The standard InChI is InChI=1S/C15H16O2/c1-17-12-7-5-10(6-8-12)15-13-4-2-3-11(13)9-14(15)16/h5-8,11H,2-4,9H2,1H3. The number of benzene rings is 1. The Hall–Kier alpha value is -1.57. The van der Waals surface area contributed by atoms with Gasteiger partial charge in [0.15, 0.2) is 5.78 Å². The Morgan fingerprint density at radius 2 is 2.00 bits per heavy atom. The summed E-state index contributed by atoms with van der Waals surface area (Å²) < 4.78 is 5.14. The number of fused-ring (bicyclic) bond motifs is 1. The van der Waals surface area contributed by atoms with E-state index in [0.29, 0.717) is 11.7 Å². The Morgan fingerprint density at radius 1 is 1.24 bits per heavy atom. The van der Waals surface area contributed by atoms with Crippen LogP contribution in [0.1, 0.15) is 31.2 Å². The van der Waals surface area contributed by atoms with Gasteiger partial charge in [0.25, 0.3) is 0 Å². The minimum atomic E-state index is 0.329. The molecule has 2 aliphatic carbocycles. The molecule has 2 nitrogen and oxygen atoms in total. The molecule has 1 atom stereocenters. The van der Waals surface area contributed by atoms with Crippen LogP contribution in [0.2, 0.25) is 0 Å². The fourth-order valence-electron chi connectivity index (χ4n) is 3.08. The lowest BCUT2D eigenvalue weighted by atomic mass is 10.00. The molecule has 1 aromatic rings. The molecule has 0 bridgehead atoms. The molecule has 2 aliphatic rings. The highest BCUT2D eigenvalue weighted by Crippen LogP contribution is 2.45. The van der Waals surface area contributed by atoms with Crippen molar-refractivity contribution in [3.8, 4) is 5.75 Å². The van der Waals surface area contributed by atoms with E-state index in [9.17, 15) is 4.79 Å². The Labute approximate surface area is 101 Å². The second-order valence-electron chi connectivity index (χ2n) is 4.85. The SMILES string of the molecule is COc1ccc(C2=C3CCCC3CC2=O)cc1. The molecule has 0 heterocycles. The Bertz CT molecular complexity index is 482. The van der Waals surface area contributed by atoms with Crippen LogP contribution in [0.25, 0.3) is 5.57 Å². The van der Waals surface area contributed by atoms with Gasteiger partial charge in [0.2, 0.25) is 0 Å². The third-order valence-electron chi connectivity index (χ3n) is 3.90. The van der Waals surface area contributed by atoms with Crippen molar-refractivity contribution in [2.45, 2.75) is 25.7 Å². The fourth-order valence-corrected chi connectivity index (χ4v) is 3.08. The van der Waals surface area contributed by atoms with E-state index in [1.54, 1.807) is 7.11 Å². The highest BCUT2D eigenvalue weighted by atomic mass is 16.5. The first-order chi connectivity index (χ1) is 8.29. The lowest BCUT2D eigenvalue weighted by Crippen LogP contribution is -1.97. The summed E-state index contributed by atoms with van der Waals surface area (Å²) in [5.74, 6) is 1.71. The van der Waals surface area contributed by atoms with E-state index in [-0.39, 0.29) is 0 Å². The fraction of sp³-hybridized carbons (Fsp3) is 0.400. The van der Waals surface area contributed by atoms with E-state index in [1.807, 2.05) is 24.3 Å². The van der Waals surface area contributed by atoms with Gasteiger partial charge in [0.1, 0.15) is 5.75 Å². The summed E-state index contributed by atoms with van der Waals surface area (Å²) in [5, 5.41) is 0. The molecule has 2 heteroatoms. The summed E-state index contributed by atoms with van der Waals surface area (Å²) in [6, 6.07) is 7.86. The molecule has 0 aromatic heterocycles. The number of hydrogen-bond acceptors (Lipinski definition) is 2. The van der Waals surface area contributed by atoms with Gasteiger partial charge in [-0.1, -0.05) is 17.7 Å². The third kappa shape index (κ3) is 1.68. The number of methoxy groups -OCH3 is 1. The summed E-state index contributed by atoms with van der Waals surface area (Å²) in [7, 11) is 1.66. The van der Waals surface area contributed by atoms with E-state index in [4.69, 9.17) is 4.74 Å². The second-order valence-corrected chi connectivity index (χ2v) is 4.85. The highest BCUT2D eigenvalue weighted by Gasteiger charge is 2.35. The van der Waals surface area contributed by atoms with Gasteiger partial charge in [-0.3, -0.25) is 4.79 Å². The molecule has 1 saturated carbocycles. The molecular formula is C15H16O2. The van der Waals surface area contributed by atoms with Gasteiger partial charge in [-0.05, 0) is 42.9 Å². The van der Waals surface area contributed by atoms with E-state index in [1.165, 1.54) is 18.4 Å². The van der Waals surface area contributed by atoms with Crippen molar-refractivity contribution in [2.75, 3.05) is 7.11 Å². The van der Waals surface area contributed by atoms with Crippen LogP contribution in [0.3, 0.4) is 0 Å². The maximum atomic E-state index is 12.1. The highest BCUT2D eigenvalue weighted by molar-refractivity contribution is 6.24. The molecule has 0 aliphatic heterocycles. The van der Waals surface area contributed by atoms with Crippen LogP contribution >= 0.6 is 0 Å². The number of Topliss-reactive ketones (excluding diaryl/α,β-unsaturated/α-hetero) is 1. The molecule has 3 rings (SSSR count). The number of rotatable bonds is 2. The molecule has 0 spiro atoms. The molecule has 0 N–H and O–H groups in total. The quantitative estimate of drug-likeness (QED) is 0.776. The molecule has 17 heavy (non-hydrogen) atoms. The third-order valence-corrected chi connectivity index (χ3v) is 3.90. The average Bonchev–Trinajstić information content (AvgIpc) is 2.89. The largest absolute Gasteiger partial charge is 0.497 e. The van der Waals surface area contributed by atoms with Gasteiger partial charge in [-0.25, -0.2) is 0 Å². The summed E-state index contributed by atoms with van der Waals surface area (Å²) >= 11 is 0. The Kier molecular flexibility index (Phi) is 2.50. The van der Waals surface area contributed by atoms with Crippen molar-refractivity contribution in [1.82, 2.24) is 0 Å². The van der Waals surface area contributed by atoms with Crippen LogP contribution < -0.4 is 4.74 Å². The Morgan fingerprint density at radius 3 is 2.71 bits per heavy atom. The monoisotopic (exact) mass is 228 g/mol. The molecule has 88 valence electrons. The van der Waals surface area contributed by atoms with Crippen LogP contribution in [0.15, 0.2) is 29.8 Å². The van der Waals surface area contributed by atoms with Gasteiger partial charge in [0, 0.05) is 12.0 Å². The lowest BCUT2D eigenvalue weighted by Gasteiger charge is -2.06. The lowest BCUT2D eigenvalue weighted by molar-refractivity contribution is -0.113. The number of hydrogen-bond donors (Lipinski definition) is 0. The van der Waals surface area contributed by atoms with E-state index < -0.39 is 0 Å². The zero-order chi connectivity index (χ0) is 11.8. The van der Waals surface area contributed by atoms with Crippen LogP contribution in [-0.4, -0.2) is 12.9 Å². The van der Waals surface area contributed by atoms with Crippen molar-refractivity contribution in [3.63, 3.8) is 0 Å². The van der Waals surface area contributed by atoms with Crippen molar-refractivity contribution in [2.24, 2.45) is 5.92 Å². The maximum absolute atomic E-state index is 12.1. The zero-order valence-electron chi connectivity index (χ0n) is 10.0. The first-order valence-corrected chi connectivity index (χ1v) is 6.20. The molecule has 0 radical (unpaired) electrons. The van der Waals surface area contributed by atoms with Gasteiger partial charge in [-0.2, -0.15) is 0 Å². The van der Waals surface area contributed by atoms with Crippen molar-refractivity contribution in [3.05, 3.63) is 35.4 Å². The Balaban J connectivity index is 2.02. The van der Waals surface area contributed by atoms with Crippen LogP contribution in [0.5, 0.6) is 5.75 Å². The predicted molar refractivity (Wildman–Crippen MR) is 66.9 cm³/mol. The van der Waals surface area contributed by atoms with E-state index in [2.05, 4.69) is 0 Å². The number of ketones is 1. The van der Waals surface area contributed by atoms with E-state index >= 15 is 0 Å². The van der Waals surface area contributed by atoms with Crippen LogP contribution in [-0.2, 0) is 4.79 Å². The first kappa shape index (κ1) is 10.6. The number of carbonyl (C=O) groups excluding carboxylic acids is 1. The minimum Gasteiger partial charge on any atom is -0.497 e. The molecule has 1 unspecified atom stereocenters. The molecule has 0 amide bonds. The number of allylic oxidation sites excluding steroid dienone is 2. The van der Waals surface area contributed by atoms with Gasteiger partial charge in [-0.15, -0.1) is 0 Å². The second kappa shape index (κ2) is 4.02. The van der Waals surface area contributed by atoms with E-state index in [0.717, 1.165) is 29.7 Å². The number of ether oxygens (including phenoxy) is 1. The van der Waals surface area contributed by atoms with Crippen LogP contribution in [0, 0.1) is 5.92 Å². The average molecular weight is 228 g/mol. The molecular weight excluding hydrogens is 212 g/mol. The topological polar surface area (TPSA) is 26.3 Å². The summed E-state index contributed by atoms with van der Waals surface area (Å²) in [6.45, 7) is 0. The first-order valence-electron chi connectivity index (χ1n) is 6.20. The zero-order valence-corrected chi connectivity index (χ0v) is 10.0. The molecule has 0 saturated heterocycles. The normalized spacial score (nSPS) is 23.1. The summed E-state index contributed by atoms with van der Waals surface area (Å²) in [4.78, 5) is 12.1.